The number of hydrogen-bond donors (Lipinski definition) is 1. The molecule has 1 saturated heterocycles. The number of rotatable bonds is 5. The molecule has 2 rings (SSSR count). The lowest BCUT2D eigenvalue weighted by atomic mass is 10.3. The molecule has 116 valence electrons. The zero-order chi connectivity index (χ0) is 15.2. The number of nitrogens with zero attached hydrogens (tertiary/aromatic N) is 3. The fourth-order valence-electron chi connectivity index (χ4n) is 2.36. The number of pyridine rings is 1. The first-order valence-corrected chi connectivity index (χ1v) is 7.35. The van der Waals surface area contributed by atoms with Crippen molar-refractivity contribution in [1.29, 1.82) is 0 Å². The molecule has 1 fully saturated rings. The number of ether oxygens (including phenoxy) is 1. The van der Waals surface area contributed by atoms with Crippen molar-refractivity contribution in [2.45, 2.75) is 25.8 Å². The third kappa shape index (κ3) is 4.07. The maximum Gasteiger partial charge on any atom is 0.321 e. The van der Waals surface area contributed by atoms with E-state index in [0.29, 0.717) is 12.3 Å². The molecule has 1 N–H and O–H groups in total. The predicted octanol–water partition coefficient (Wildman–Crippen LogP) is 2.18. The van der Waals surface area contributed by atoms with Crippen molar-refractivity contribution < 1.29 is 9.53 Å². The van der Waals surface area contributed by atoms with Crippen LogP contribution < -0.4 is 10.2 Å². The summed E-state index contributed by atoms with van der Waals surface area (Å²) in [7, 11) is 3.38. The van der Waals surface area contributed by atoms with Crippen LogP contribution in [-0.4, -0.2) is 55.8 Å². The zero-order valence-corrected chi connectivity index (χ0v) is 13.0. The van der Waals surface area contributed by atoms with E-state index in [0.717, 1.165) is 18.9 Å². The lowest BCUT2D eigenvalue weighted by molar-refractivity contribution is 0.128. The molecule has 1 aromatic heterocycles. The topological polar surface area (TPSA) is 57.7 Å². The number of anilines is 2. The SMILES string of the molecule is COC[C@H](C)N(C)C(=O)Nc1ccc(N2CCCC2)nc1. The molecule has 21 heavy (non-hydrogen) atoms. The molecule has 0 aliphatic carbocycles. The summed E-state index contributed by atoms with van der Waals surface area (Å²) in [5.74, 6) is 0.978. The summed E-state index contributed by atoms with van der Waals surface area (Å²) >= 11 is 0. The monoisotopic (exact) mass is 292 g/mol. The Labute approximate surface area is 126 Å². The van der Waals surface area contributed by atoms with Gasteiger partial charge in [0.15, 0.2) is 0 Å². The number of hydrogen-bond acceptors (Lipinski definition) is 4. The molecule has 0 aromatic carbocycles. The van der Waals surface area contributed by atoms with Gasteiger partial charge in [-0.15, -0.1) is 0 Å². The lowest BCUT2D eigenvalue weighted by Crippen LogP contribution is -2.40. The molecule has 0 radical (unpaired) electrons. The Morgan fingerprint density at radius 3 is 2.76 bits per heavy atom. The van der Waals surface area contributed by atoms with Gasteiger partial charge < -0.3 is 19.9 Å². The Bertz CT molecular complexity index is 457. The van der Waals surface area contributed by atoms with Crippen molar-refractivity contribution in [3.63, 3.8) is 0 Å². The number of carbonyl (C=O) groups is 1. The van der Waals surface area contributed by atoms with Gasteiger partial charge in [-0.1, -0.05) is 0 Å². The molecule has 1 atom stereocenters. The van der Waals surface area contributed by atoms with Crippen molar-refractivity contribution in [1.82, 2.24) is 9.88 Å². The summed E-state index contributed by atoms with van der Waals surface area (Å²) in [5.41, 5.74) is 0.708. The standard InChI is InChI=1S/C15H24N4O2/c1-12(11-21-3)18(2)15(20)17-13-6-7-14(16-10-13)19-8-4-5-9-19/h6-7,10,12H,4-5,8-9,11H2,1-3H3,(H,17,20)/t12-/m0/s1. The molecule has 2 heterocycles. The zero-order valence-electron chi connectivity index (χ0n) is 13.0. The van der Waals surface area contributed by atoms with E-state index in [2.05, 4.69) is 15.2 Å². The molecule has 2 amide bonds. The van der Waals surface area contributed by atoms with E-state index in [9.17, 15) is 4.79 Å². The van der Waals surface area contributed by atoms with E-state index in [1.807, 2.05) is 19.1 Å². The van der Waals surface area contributed by atoms with Gasteiger partial charge in [0.05, 0.1) is 24.5 Å². The first-order valence-electron chi connectivity index (χ1n) is 7.35. The minimum atomic E-state index is -0.157. The highest BCUT2D eigenvalue weighted by atomic mass is 16.5. The Balaban J connectivity index is 1.91. The molecule has 0 bridgehead atoms. The number of likely N-dealkylation sites (N-methyl/N-ethyl adjacent to an activating group) is 1. The van der Waals surface area contributed by atoms with Crippen LogP contribution in [0.15, 0.2) is 18.3 Å². The van der Waals surface area contributed by atoms with E-state index in [-0.39, 0.29) is 12.1 Å². The summed E-state index contributed by atoms with van der Waals surface area (Å²) in [4.78, 5) is 20.4. The van der Waals surface area contributed by atoms with Crippen LogP contribution >= 0.6 is 0 Å². The normalized spacial score (nSPS) is 15.9. The largest absolute Gasteiger partial charge is 0.383 e. The molecular weight excluding hydrogens is 268 g/mol. The number of urea groups is 1. The summed E-state index contributed by atoms with van der Waals surface area (Å²) in [5, 5.41) is 2.85. The summed E-state index contributed by atoms with van der Waals surface area (Å²) in [6, 6.07) is 3.72. The first-order chi connectivity index (χ1) is 10.1. The van der Waals surface area contributed by atoms with Gasteiger partial charge in [0.1, 0.15) is 5.82 Å². The Hall–Kier alpha value is -1.82. The van der Waals surface area contributed by atoms with E-state index in [1.54, 1.807) is 25.3 Å². The first kappa shape index (κ1) is 15.6. The van der Waals surface area contributed by atoms with E-state index >= 15 is 0 Å². The molecule has 6 heteroatoms. The average Bonchev–Trinajstić information content (AvgIpc) is 3.01. The molecule has 0 spiro atoms. The van der Waals surface area contributed by atoms with Gasteiger partial charge in [-0.2, -0.15) is 0 Å². The van der Waals surface area contributed by atoms with Crippen molar-refractivity contribution >= 4 is 17.5 Å². The maximum absolute atomic E-state index is 12.1. The number of amides is 2. The van der Waals surface area contributed by atoms with Crippen molar-refractivity contribution in [2.24, 2.45) is 0 Å². The molecule has 1 aliphatic rings. The Kier molecular flexibility index (Phi) is 5.38. The summed E-state index contributed by atoms with van der Waals surface area (Å²) < 4.78 is 5.06. The Morgan fingerprint density at radius 2 is 2.19 bits per heavy atom. The molecule has 0 saturated carbocycles. The van der Waals surface area contributed by atoms with Crippen LogP contribution in [0.5, 0.6) is 0 Å². The van der Waals surface area contributed by atoms with Gasteiger partial charge in [-0.25, -0.2) is 9.78 Å². The average molecular weight is 292 g/mol. The highest BCUT2D eigenvalue weighted by Gasteiger charge is 2.16. The third-order valence-electron chi connectivity index (χ3n) is 3.82. The molecule has 0 unspecified atom stereocenters. The lowest BCUT2D eigenvalue weighted by Gasteiger charge is -2.24. The van der Waals surface area contributed by atoms with Crippen molar-refractivity contribution in [3.05, 3.63) is 18.3 Å². The Morgan fingerprint density at radius 1 is 1.48 bits per heavy atom. The summed E-state index contributed by atoms with van der Waals surface area (Å²) in [6.45, 7) is 4.58. The van der Waals surface area contributed by atoms with Crippen molar-refractivity contribution in [2.75, 3.05) is 44.1 Å². The van der Waals surface area contributed by atoms with Gasteiger partial charge in [-0.3, -0.25) is 0 Å². The maximum atomic E-state index is 12.1. The molecule has 1 aromatic rings. The van der Waals surface area contributed by atoms with Gasteiger partial charge in [0, 0.05) is 27.2 Å². The van der Waals surface area contributed by atoms with Gasteiger partial charge in [-0.05, 0) is 31.9 Å². The second-order valence-corrected chi connectivity index (χ2v) is 5.44. The quantitative estimate of drug-likeness (QED) is 0.903. The van der Waals surface area contributed by atoms with Crippen molar-refractivity contribution in [3.8, 4) is 0 Å². The van der Waals surface area contributed by atoms with E-state index < -0.39 is 0 Å². The highest BCUT2D eigenvalue weighted by Crippen LogP contribution is 2.19. The number of carbonyl (C=O) groups excluding carboxylic acids is 1. The third-order valence-corrected chi connectivity index (χ3v) is 3.82. The van der Waals surface area contributed by atoms with Crippen LogP contribution in [0.3, 0.4) is 0 Å². The number of methoxy groups -OCH3 is 1. The number of aromatic nitrogens is 1. The van der Waals surface area contributed by atoms with Crippen LogP contribution in [0.25, 0.3) is 0 Å². The second-order valence-electron chi connectivity index (χ2n) is 5.44. The smallest absolute Gasteiger partial charge is 0.321 e. The molecular formula is C15H24N4O2. The van der Waals surface area contributed by atoms with E-state index in [4.69, 9.17) is 4.74 Å². The van der Waals surface area contributed by atoms with Crippen LogP contribution in [-0.2, 0) is 4.74 Å². The van der Waals surface area contributed by atoms with Crippen LogP contribution in [0.1, 0.15) is 19.8 Å². The van der Waals surface area contributed by atoms with Gasteiger partial charge in [0.2, 0.25) is 0 Å². The minimum absolute atomic E-state index is 0.0202. The van der Waals surface area contributed by atoms with Gasteiger partial charge in [0.25, 0.3) is 0 Å². The fourth-order valence-corrected chi connectivity index (χ4v) is 2.36. The molecule has 1 aliphatic heterocycles. The van der Waals surface area contributed by atoms with Crippen LogP contribution in [0.4, 0.5) is 16.3 Å². The fraction of sp³-hybridized carbons (Fsp3) is 0.600. The number of nitrogens with one attached hydrogen (secondary N) is 1. The molecule has 6 nitrogen and oxygen atoms in total. The van der Waals surface area contributed by atoms with Gasteiger partial charge >= 0.3 is 6.03 Å². The van der Waals surface area contributed by atoms with Crippen LogP contribution in [0, 0.1) is 0 Å². The van der Waals surface area contributed by atoms with E-state index in [1.165, 1.54) is 12.8 Å². The summed E-state index contributed by atoms with van der Waals surface area (Å²) in [6.07, 6.45) is 4.16. The minimum Gasteiger partial charge on any atom is -0.383 e. The predicted molar refractivity (Wildman–Crippen MR) is 83.8 cm³/mol. The highest BCUT2D eigenvalue weighted by molar-refractivity contribution is 5.89. The van der Waals surface area contributed by atoms with Crippen LogP contribution in [0.2, 0.25) is 0 Å². The second kappa shape index (κ2) is 7.26.